The van der Waals surface area contributed by atoms with Gasteiger partial charge in [-0.05, 0) is 13.3 Å². The van der Waals surface area contributed by atoms with E-state index in [0.717, 1.165) is 6.66 Å². The maximum atomic E-state index is 11.5. The molecule has 5 nitrogen and oxygen atoms in total. The largest absolute Gasteiger partial charge is 0.330 e. The maximum absolute atomic E-state index is 11.5. The lowest BCUT2D eigenvalue weighted by Crippen LogP contribution is -1.92. The molecule has 0 saturated carbocycles. The molecule has 80 valence electrons. The summed E-state index contributed by atoms with van der Waals surface area (Å²) < 4.78 is 38.1. The van der Waals surface area contributed by atoms with Crippen LogP contribution in [0.1, 0.15) is 0 Å². The van der Waals surface area contributed by atoms with Crippen molar-refractivity contribution in [1.82, 2.24) is 0 Å². The van der Waals surface area contributed by atoms with Crippen molar-refractivity contribution < 1.29 is 22.9 Å². The minimum absolute atomic E-state index is 0.140. The summed E-state index contributed by atoms with van der Waals surface area (Å²) in [5.41, 5.74) is 0. The standard InChI is InChI=1S/C5H15O5P3/c1-11(2,6)5-12(3,7)10-13(4,8)9/h5H2,1-4H3,(H,8,9). The van der Waals surface area contributed by atoms with Crippen LogP contribution in [0, 0.1) is 0 Å². The SMILES string of the molecule is CP(C)(=O)CP(C)(=O)OP(C)(=O)O. The first-order valence-electron chi connectivity index (χ1n) is 3.53. The Labute approximate surface area is 78.2 Å². The van der Waals surface area contributed by atoms with E-state index in [1.54, 1.807) is 0 Å². The van der Waals surface area contributed by atoms with E-state index in [1.807, 2.05) is 0 Å². The van der Waals surface area contributed by atoms with Crippen LogP contribution in [0.15, 0.2) is 0 Å². The lowest BCUT2D eigenvalue weighted by atomic mass is 11.8. The Morgan fingerprint density at radius 3 is 1.69 bits per heavy atom. The van der Waals surface area contributed by atoms with Gasteiger partial charge in [0.1, 0.15) is 0 Å². The van der Waals surface area contributed by atoms with Gasteiger partial charge in [0, 0.05) is 13.3 Å². The van der Waals surface area contributed by atoms with Crippen LogP contribution >= 0.6 is 22.1 Å². The second kappa shape index (κ2) is 4.00. The predicted molar refractivity (Wildman–Crippen MR) is 54.7 cm³/mol. The normalized spacial score (nSPS) is 21.9. The summed E-state index contributed by atoms with van der Waals surface area (Å²) in [6.45, 7) is 5.10. The molecule has 0 bridgehead atoms. The van der Waals surface area contributed by atoms with Crippen LogP contribution in [0.2, 0.25) is 0 Å². The number of hydrogen-bond donors (Lipinski definition) is 1. The van der Waals surface area contributed by atoms with Crippen molar-refractivity contribution in [3.8, 4) is 0 Å². The molecule has 0 aliphatic carbocycles. The number of hydrogen-bond acceptors (Lipinski definition) is 4. The minimum Gasteiger partial charge on any atom is -0.324 e. The minimum atomic E-state index is -3.76. The van der Waals surface area contributed by atoms with E-state index in [-0.39, 0.29) is 5.90 Å². The van der Waals surface area contributed by atoms with Crippen LogP contribution in [0.4, 0.5) is 0 Å². The van der Waals surface area contributed by atoms with Crippen LogP contribution < -0.4 is 0 Å². The van der Waals surface area contributed by atoms with Crippen LogP contribution in [-0.2, 0) is 18.0 Å². The summed E-state index contributed by atoms with van der Waals surface area (Å²) in [5, 5.41) is 0. The highest BCUT2D eigenvalue weighted by Crippen LogP contribution is 2.63. The van der Waals surface area contributed by atoms with Crippen molar-refractivity contribution in [3.63, 3.8) is 0 Å². The molecule has 0 amide bonds. The Morgan fingerprint density at radius 2 is 1.46 bits per heavy atom. The van der Waals surface area contributed by atoms with Crippen LogP contribution in [0.5, 0.6) is 0 Å². The van der Waals surface area contributed by atoms with Gasteiger partial charge in [-0.1, -0.05) is 0 Å². The van der Waals surface area contributed by atoms with Gasteiger partial charge >= 0.3 is 7.60 Å². The Bertz CT molecular complexity index is 282. The summed E-state index contributed by atoms with van der Waals surface area (Å²) in [6.07, 6.45) is 0. The fraction of sp³-hybridized carbons (Fsp3) is 1.00. The molecule has 0 heterocycles. The van der Waals surface area contributed by atoms with Gasteiger partial charge in [-0.3, -0.25) is 13.4 Å². The van der Waals surface area contributed by atoms with Crippen LogP contribution in [-0.4, -0.2) is 37.5 Å². The molecule has 13 heavy (non-hydrogen) atoms. The monoisotopic (exact) mass is 248 g/mol. The molecule has 0 rings (SSSR count). The van der Waals surface area contributed by atoms with Gasteiger partial charge in [0.05, 0.1) is 13.0 Å². The zero-order valence-corrected chi connectivity index (χ0v) is 10.8. The Morgan fingerprint density at radius 1 is 1.08 bits per heavy atom. The maximum Gasteiger partial charge on any atom is 0.330 e. The Kier molecular flexibility index (Phi) is 4.19. The van der Waals surface area contributed by atoms with Gasteiger partial charge in [-0.15, -0.1) is 0 Å². The molecule has 0 radical (unpaired) electrons. The van der Waals surface area contributed by atoms with E-state index >= 15 is 0 Å². The van der Waals surface area contributed by atoms with Crippen molar-refractivity contribution in [2.75, 3.05) is 32.6 Å². The molecule has 0 aliphatic rings. The Hall–Kier alpha value is 0.610. The van der Waals surface area contributed by atoms with E-state index in [9.17, 15) is 13.7 Å². The summed E-state index contributed by atoms with van der Waals surface area (Å²) in [4.78, 5) is 8.82. The van der Waals surface area contributed by atoms with Crippen molar-refractivity contribution in [1.29, 1.82) is 0 Å². The molecule has 2 unspecified atom stereocenters. The molecule has 0 aromatic rings. The van der Waals surface area contributed by atoms with Gasteiger partial charge in [-0.25, -0.2) is 0 Å². The van der Waals surface area contributed by atoms with Crippen molar-refractivity contribution in [2.24, 2.45) is 0 Å². The molecule has 0 saturated heterocycles. The van der Waals surface area contributed by atoms with Crippen molar-refractivity contribution >= 4 is 22.1 Å². The average Bonchev–Trinajstić information content (AvgIpc) is 1.43. The molecule has 1 N–H and O–H groups in total. The molecule has 0 fully saturated rings. The molecule has 0 aromatic heterocycles. The van der Waals surface area contributed by atoms with E-state index < -0.39 is 22.1 Å². The summed E-state index contributed by atoms with van der Waals surface area (Å²) in [7, 11) is -9.46. The smallest absolute Gasteiger partial charge is 0.324 e. The zero-order chi connectivity index (χ0) is 10.9. The first-order valence-corrected chi connectivity index (χ1v) is 10.6. The molecule has 0 aromatic carbocycles. The second-order valence-electron chi connectivity index (χ2n) is 3.61. The van der Waals surface area contributed by atoms with E-state index in [4.69, 9.17) is 4.89 Å². The highest BCUT2D eigenvalue weighted by Gasteiger charge is 2.29. The van der Waals surface area contributed by atoms with Crippen LogP contribution in [0.3, 0.4) is 0 Å². The summed E-state index contributed by atoms with van der Waals surface area (Å²) in [6, 6.07) is 0. The third-order valence-electron chi connectivity index (χ3n) is 0.922. The van der Waals surface area contributed by atoms with Crippen molar-refractivity contribution in [2.45, 2.75) is 0 Å². The summed E-state index contributed by atoms with van der Waals surface area (Å²) in [5.74, 6) is -0.140. The quantitative estimate of drug-likeness (QED) is 0.772. The highest BCUT2D eigenvalue weighted by atomic mass is 31.3. The molecule has 8 heteroatoms. The van der Waals surface area contributed by atoms with Crippen molar-refractivity contribution in [3.05, 3.63) is 0 Å². The first-order chi connectivity index (χ1) is 5.41. The third kappa shape index (κ3) is 8.93. The van der Waals surface area contributed by atoms with Gasteiger partial charge in [0.2, 0.25) is 7.37 Å². The summed E-state index contributed by atoms with van der Waals surface area (Å²) >= 11 is 0. The zero-order valence-electron chi connectivity index (χ0n) is 8.13. The molecular formula is C5H15O5P3. The molecular weight excluding hydrogens is 233 g/mol. The average molecular weight is 248 g/mol. The van der Waals surface area contributed by atoms with E-state index in [2.05, 4.69) is 4.31 Å². The van der Waals surface area contributed by atoms with E-state index in [1.165, 1.54) is 20.0 Å². The second-order valence-corrected chi connectivity index (χ2v) is 12.2. The lowest BCUT2D eigenvalue weighted by molar-refractivity contribution is 0.385. The fourth-order valence-corrected chi connectivity index (χ4v) is 9.15. The van der Waals surface area contributed by atoms with Gasteiger partial charge in [0.25, 0.3) is 0 Å². The predicted octanol–water partition coefficient (Wildman–Crippen LogP) is 2.31. The van der Waals surface area contributed by atoms with Gasteiger partial charge in [-0.2, -0.15) is 0 Å². The fourth-order valence-electron chi connectivity index (χ4n) is 0.965. The van der Waals surface area contributed by atoms with Gasteiger partial charge < -0.3 is 9.46 Å². The van der Waals surface area contributed by atoms with E-state index in [0.29, 0.717) is 0 Å². The highest BCUT2D eigenvalue weighted by molar-refractivity contribution is 7.80. The lowest BCUT2D eigenvalue weighted by Gasteiger charge is -2.17. The van der Waals surface area contributed by atoms with Gasteiger partial charge in [0.15, 0.2) is 0 Å². The topological polar surface area (TPSA) is 80.7 Å². The first kappa shape index (κ1) is 13.6. The third-order valence-corrected chi connectivity index (χ3v) is 8.30. The number of rotatable bonds is 4. The molecule has 2 atom stereocenters. The Balaban J connectivity index is 4.54. The van der Waals surface area contributed by atoms with Crippen LogP contribution in [0.25, 0.3) is 0 Å². The molecule has 0 spiro atoms. The molecule has 0 aliphatic heterocycles.